The zero-order valence-corrected chi connectivity index (χ0v) is 49.4. The topological polar surface area (TPSA) is 450 Å². The third kappa shape index (κ3) is 11.1. The molecule has 5 aliphatic carbocycles. The number of carboxylic acid groups (broad SMARTS) is 1. The predicted molar refractivity (Wildman–Crippen MR) is 285 cm³/mol. The van der Waals surface area contributed by atoms with Crippen LogP contribution in [0, 0.1) is 50.7 Å². The lowest BCUT2D eigenvalue weighted by atomic mass is 9.36. The molecule has 28 heteroatoms. The zero-order chi connectivity index (χ0) is 62.8. The highest BCUT2D eigenvalue weighted by molar-refractivity contribution is 5.79. The van der Waals surface area contributed by atoms with Crippen molar-refractivity contribution in [2.45, 2.75) is 266 Å². The second-order valence-electron chi connectivity index (χ2n) is 27.9. The van der Waals surface area contributed by atoms with Crippen LogP contribution in [-0.2, 0) is 57.0 Å². The molecule has 10 aliphatic rings. The van der Waals surface area contributed by atoms with E-state index in [0.717, 1.165) is 5.57 Å². The number of carbonyl (C=O) groups is 2. The van der Waals surface area contributed by atoms with Crippen molar-refractivity contribution in [2.75, 3.05) is 19.8 Å². The highest BCUT2D eigenvalue weighted by Crippen LogP contribution is 2.72. The lowest BCUT2D eigenvalue weighted by Gasteiger charge is -2.68. The summed E-state index contributed by atoms with van der Waals surface area (Å²) in [6, 6.07) is 0. The molecule has 0 radical (unpaired) electrons. The highest BCUT2D eigenvalue weighted by Gasteiger charge is 2.71. The van der Waals surface area contributed by atoms with Crippen molar-refractivity contribution in [1.82, 2.24) is 0 Å². The number of carbonyl (C=O) groups excluding carboxylic acids is 1. The molecule has 86 heavy (non-hydrogen) atoms. The summed E-state index contributed by atoms with van der Waals surface area (Å²) in [5, 5.41) is 173. The van der Waals surface area contributed by atoms with Gasteiger partial charge < -0.3 is 129 Å². The summed E-state index contributed by atoms with van der Waals surface area (Å²) >= 11 is 0. The van der Waals surface area contributed by atoms with Gasteiger partial charge in [0.15, 0.2) is 31.3 Å². The first-order chi connectivity index (χ1) is 40.3. The normalized spacial score (nSPS) is 54.7. The lowest BCUT2D eigenvalue weighted by Crippen LogP contribution is -2.69. The van der Waals surface area contributed by atoms with Crippen LogP contribution in [0.25, 0.3) is 0 Å². The summed E-state index contributed by atoms with van der Waals surface area (Å²) in [6.45, 7) is 11.0. The molecule has 0 aromatic carbocycles. The Kier molecular flexibility index (Phi) is 19.1. The average molecular weight is 1240 g/mol. The van der Waals surface area contributed by atoms with Crippen LogP contribution in [0.3, 0.4) is 0 Å². The molecule has 10 rings (SSSR count). The van der Waals surface area contributed by atoms with Crippen LogP contribution in [-0.4, -0.2) is 273 Å². The Balaban J connectivity index is 0.833. The van der Waals surface area contributed by atoms with E-state index in [9.17, 15) is 86.5 Å². The number of rotatable bonds is 13. The monoisotopic (exact) mass is 1240 g/mol. The van der Waals surface area contributed by atoms with E-state index in [1.54, 1.807) is 0 Å². The largest absolute Gasteiger partial charge is 0.481 e. The Morgan fingerprint density at radius 3 is 1.71 bits per heavy atom. The molecule has 4 saturated carbocycles. The van der Waals surface area contributed by atoms with Crippen LogP contribution in [0.5, 0.6) is 0 Å². The molecule has 5 aliphatic heterocycles. The van der Waals surface area contributed by atoms with Gasteiger partial charge in [0.2, 0.25) is 6.29 Å². The number of ether oxygens (including phenoxy) is 10. The van der Waals surface area contributed by atoms with Gasteiger partial charge in [-0.2, -0.15) is 0 Å². The number of carboxylic acids is 1. The summed E-state index contributed by atoms with van der Waals surface area (Å²) in [5.74, 6) is -3.01. The van der Waals surface area contributed by atoms with Gasteiger partial charge in [-0.15, -0.1) is 0 Å². The first kappa shape index (κ1) is 66.6. The summed E-state index contributed by atoms with van der Waals surface area (Å²) in [5.41, 5.74) is -3.23. The van der Waals surface area contributed by atoms with Crippen molar-refractivity contribution >= 4 is 11.9 Å². The molecule has 9 fully saturated rings. The van der Waals surface area contributed by atoms with E-state index in [4.69, 9.17) is 47.4 Å². The number of hydrogen-bond donors (Lipinski definition) is 16. The second kappa shape index (κ2) is 24.6. The Bertz CT molecular complexity index is 2430. The van der Waals surface area contributed by atoms with Crippen molar-refractivity contribution in [3.63, 3.8) is 0 Å². The number of fused-ring (bicyclic) bond motifs is 7. The maximum absolute atomic E-state index is 15.4. The van der Waals surface area contributed by atoms with Crippen molar-refractivity contribution < 1.29 is 139 Å². The molecular weight excluding hydrogens is 1140 g/mol. The third-order valence-electron chi connectivity index (χ3n) is 22.4. The van der Waals surface area contributed by atoms with Crippen LogP contribution < -0.4 is 0 Å². The fraction of sp³-hybridized carbons (Fsp3) is 0.931. The van der Waals surface area contributed by atoms with Gasteiger partial charge in [-0.05, 0) is 118 Å². The van der Waals surface area contributed by atoms with Crippen molar-refractivity contribution in [1.29, 1.82) is 0 Å². The lowest BCUT2D eigenvalue weighted by molar-refractivity contribution is -0.378. The first-order valence-electron chi connectivity index (χ1n) is 30.4. The maximum atomic E-state index is 15.4. The van der Waals surface area contributed by atoms with Crippen LogP contribution in [0.1, 0.15) is 106 Å². The van der Waals surface area contributed by atoms with Crippen LogP contribution in [0.4, 0.5) is 0 Å². The molecule has 0 spiro atoms. The summed E-state index contributed by atoms with van der Waals surface area (Å²) < 4.78 is 58.9. The first-order valence-corrected chi connectivity index (χ1v) is 30.4. The zero-order valence-electron chi connectivity index (χ0n) is 49.4. The van der Waals surface area contributed by atoms with Gasteiger partial charge in [0, 0.05) is 0 Å². The molecule has 492 valence electrons. The highest BCUT2D eigenvalue weighted by atomic mass is 16.8. The van der Waals surface area contributed by atoms with E-state index in [2.05, 4.69) is 26.8 Å². The van der Waals surface area contributed by atoms with Gasteiger partial charge >= 0.3 is 11.9 Å². The maximum Gasteiger partial charge on any atom is 0.315 e. The van der Waals surface area contributed by atoms with E-state index in [0.29, 0.717) is 51.4 Å². The van der Waals surface area contributed by atoms with Crippen molar-refractivity contribution in [3.8, 4) is 0 Å². The van der Waals surface area contributed by atoms with E-state index in [1.165, 1.54) is 20.8 Å². The molecule has 0 amide bonds. The fourth-order valence-corrected chi connectivity index (χ4v) is 17.3. The molecule has 28 nitrogen and oxygen atoms in total. The van der Waals surface area contributed by atoms with Gasteiger partial charge in [0.25, 0.3) is 0 Å². The van der Waals surface area contributed by atoms with E-state index >= 15 is 4.79 Å². The molecule has 16 N–H and O–H groups in total. The molecule has 0 aromatic rings. The van der Waals surface area contributed by atoms with E-state index < -0.39 is 219 Å². The average Bonchev–Trinajstić information content (AvgIpc) is 0.769. The minimum absolute atomic E-state index is 0.0747. The van der Waals surface area contributed by atoms with Gasteiger partial charge in [-0.3, -0.25) is 9.59 Å². The quantitative estimate of drug-likeness (QED) is 0.0477. The van der Waals surface area contributed by atoms with Crippen LogP contribution >= 0.6 is 0 Å². The third-order valence-corrected chi connectivity index (χ3v) is 22.4. The Morgan fingerprint density at radius 1 is 0.535 bits per heavy atom. The van der Waals surface area contributed by atoms with Crippen molar-refractivity contribution in [3.05, 3.63) is 11.6 Å². The van der Waals surface area contributed by atoms with Crippen LogP contribution in [0.2, 0.25) is 0 Å². The summed E-state index contributed by atoms with van der Waals surface area (Å²) in [6.07, 6.45) is -35.9. The molecule has 0 aromatic heterocycles. The van der Waals surface area contributed by atoms with Gasteiger partial charge in [0.1, 0.15) is 104 Å². The number of hydrogen-bond acceptors (Lipinski definition) is 27. The number of aliphatic hydroxyl groups excluding tert-OH is 15. The molecule has 0 bridgehead atoms. The number of allylic oxidation sites excluding steroid dienone is 2. The SMILES string of the molecule is C[C@@H]1O[C@H](O[C@H]2[C@H](OC(=O)[C@@]34CC[C@H]5C(=CC[C@H]6[C@@]7(C)C[C@H](O)[C@H](O[C@@H]8O[C@H](CO)[C@@H](O)[C@H](O)[C@H]8O)[C@@](C)(C(=O)O)[C@@H]7CC[C@]65C)[C@@H]3CC(C)(C)CC4)O[C@H](C)[C@H](O)[C@@H]2O)[C@H](O)[C@H](O)[C@H]1O[C@@H]1OC[C@@H](O[C@@H]2O[C@H](CO)[C@H](O)[C@H](O)[C@H]2O)[C@H](O)[C@H]1O. The Hall–Kier alpha value is -2.28. The van der Waals surface area contributed by atoms with Gasteiger partial charge in [-0.1, -0.05) is 39.3 Å². The molecule has 34 atom stereocenters. The number of aliphatic carboxylic acids is 1. The molecule has 5 heterocycles. The number of esters is 1. The minimum atomic E-state index is -1.97. The van der Waals surface area contributed by atoms with E-state index in [-0.39, 0.29) is 29.6 Å². The molecule has 0 unspecified atom stereocenters. The Morgan fingerprint density at radius 2 is 1.09 bits per heavy atom. The van der Waals surface area contributed by atoms with Crippen molar-refractivity contribution in [2.24, 2.45) is 50.7 Å². The van der Waals surface area contributed by atoms with Gasteiger partial charge in [-0.25, -0.2) is 0 Å². The second-order valence-corrected chi connectivity index (χ2v) is 27.9. The van der Waals surface area contributed by atoms with Crippen LogP contribution in [0.15, 0.2) is 11.6 Å². The summed E-state index contributed by atoms with van der Waals surface area (Å²) in [7, 11) is 0. The standard InChI is InChI=1S/C58H92O28/c1-21-32(62)38(68)45(84-48-43(73)39(69)44(22(2)79-48)83-47-40(70)35(65)29(20-77-47)82-49-41(71)36(66)33(63)27(18-59)80-49)51(78-21)86-53(76)58-13-10-24-23(25(58)16-54(3,4)14-15-58)8-9-30-55(24,5)12-11-31-56(30,6)17-26(61)46(57(31,7)52(74)75)85-50-42(72)37(67)34(64)28(19-60)81-50/h8,21-22,24-51,59-73H,9-20H2,1-7H3,(H,74,75)/t21-,22+,24+,25+,26+,27-,28-,29-,30-,31-,32+,33+,34-,35+,36+,37+,38+,39+,40-,41-,42-,43-,44+,45-,46+,47+,48-,49+,50+,51+,55+,56-,57+,58-/m1/s1. The predicted octanol–water partition coefficient (Wildman–Crippen LogP) is -3.87. The fourth-order valence-electron chi connectivity index (χ4n) is 17.3. The molecular formula is C58H92O28. The molecule has 5 saturated heterocycles. The van der Waals surface area contributed by atoms with Gasteiger partial charge in [0.05, 0.1) is 49.0 Å². The summed E-state index contributed by atoms with van der Waals surface area (Å²) in [4.78, 5) is 29.1. The van der Waals surface area contributed by atoms with E-state index in [1.807, 2.05) is 6.92 Å². The smallest absolute Gasteiger partial charge is 0.315 e. The minimum Gasteiger partial charge on any atom is -0.481 e. The Labute approximate surface area is 497 Å². The number of aliphatic hydroxyl groups is 15.